The summed E-state index contributed by atoms with van der Waals surface area (Å²) in [5.41, 5.74) is 1.26. The number of aliphatic imine (C=N–C) groups is 1. The molecule has 0 saturated carbocycles. The fourth-order valence-corrected chi connectivity index (χ4v) is 3.50. The van der Waals surface area contributed by atoms with Gasteiger partial charge < -0.3 is 20.1 Å². The summed E-state index contributed by atoms with van der Waals surface area (Å²) in [4.78, 5) is 7.18. The summed E-state index contributed by atoms with van der Waals surface area (Å²) in [5, 5.41) is 15.4. The Hall–Kier alpha value is -2.09. The zero-order chi connectivity index (χ0) is 19.9. The number of unbranched alkanes of at least 4 members (excludes halogenated alkanes) is 1. The lowest BCUT2D eigenvalue weighted by Gasteiger charge is -2.20. The number of benzene rings is 1. The van der Waals surface area contributed by atoms with E-state index in [0.717, 1.165) is 61.0 Å². The van der Waals surface area contributed by atoms with Crippen LogP contribution in [0, 0.1) is 6.92 Å². The van der Waals surface area contributed by atoms with Crippen LogP contribution >= 0.6 is 15.9 Å². The Balaban J connectivity index is 1.61. The summed E-state index contributed by atoms with van der Waals surface area (Å²) in [6.45, 7) is 7.60. The molecule has 2 N–H and O–H groups in total. The van der Waals surface area contributed by atoms with Gasteiger partial charge in [0.15, 0.2) is 11.8 Å². The van der Waals surface area contributed by atoms with Crippen molar-refractivity contribution < 1.29 is 0 Å². The van der Waals surface area contributed by atoms with Gasteiger partial charge in [-0.05, 0) is 44.0 Å². The lowest BCUT2D eigenvalue weighted by molar-refractivity contribution is 0.636. The van der Waals surface area contributed by atoms with Crippen molar-refractivity contribution >= 4 is 27.6 Å². The average Bonchev–Trinajstić information content (AvgIpc) is 3.28. The van der Waals surface area contributed by atoms with E-state index in [1.54, 1.807) is 0 Å². The van der Waals surface area contributed by atoms with Crippen LogP contribution in [0.3, 0.4) is 0 Å². The average molecular weight is 448 g/mol. The van der Waals surface area contributed by atoms with Gasteiger partial charge in [-0.25, -0.2) is 4.99 Å². The van der Waals surface area contributed by atoms with Gasteiger partial charge in [0.2, 0.25) is 0 Å². The second kappa shape index (κ2) is 9.91. The molecule has 1 atom stereocenters. The lowest BCUT2D eigenvalue weighted by atomic mass is 10.2. The van der Waals surface area contributed by atoms with Crippen LogP contribution in [-0.2, 0) is 13.6 Å². The number of guanidine groups is 1. The largest absolute Gasteiger partial charge is 0.369 e. The molecule has 1 aliphatic heterocycles. The topological polar surface area (TPSA) is 70.4 Å². The molecule has 1 aliphatic rings. The Morgan fingerprint density at radius 3 is 2.75 bits per heavy atom. The summed E-state index contributed by atoms with van der Waals surface area (Å²) in [5.74, 6) is 2.63. The first-order chi connectivity index (χ1) is 13.6. The van der Waals surface area contributed by atoms with Gasteiger partial charge in [-0.2, -0.15) is 0 Å². The van der Waals surface area contributed by atoms with E-state index in [1.165, 1.54) is 5.69 Å². The van der Waals surface area contributed by atoms with Crippen molar-refractivity contribution in [3.8, 4) is 0 Å². The summed E-state index contributed by atoms with van der Waals surface area (Å²) in [7, 11) is 1.98. The number of nitrogens with zero attached hydrogens (tertiary/aromatic N) is 5. The SMILES string of the molecule is CCCCNC(=NCc1nnc(C)n1C)NC1CCN(c2ccc(Br)cc2)C1. The van der Waals surface area contributed by atoms with Gasteiger partial charge in [-0.15, -0.1) is 10.2 Å². The van der Waals surface area contributed by atoms with E-state index in [-0.39, 0.29) is 0 Å². The Morgan fingerprint density at radius 2 is 2.07 bits per heavy atom. The van der Waals surface area contributed by atoms with Crippen molar-refractivity contribution in [1.82, 2.24) is 25.4 Å². The van der Waals surface area contributed by atoms with E-state index in [0.29, 0.717) is 12.6 Å². The third kappa shape index (κ3) is 5.47. The highest BCUT2D eigenvalue weighted by molar-refractivity contribution is 9.10. The molecular formula is C20H30BrN7. The molecule has 1 aromatic heterocycles. The van der Waals surface area contributed by atoms with E-state index in [9.17, 15) is 0 Å². The van der Waals surface area contributed by atoms with Gasteiger partial charge >= 0.3 is 0 Å². The maximum absolute atomic E-state index is 4.76. The molecular weight excluding hydrogens is 418 g/mol. The Labute approximate surface area is 175 Å². The predicted molar refractivity (Wildman–Crippen MR) is 118 cm³/mol. The lowest BCUT2D eigenvalue weighted by Crippen LogP contribution is -2.45. The molecule has 28 heavy (non-hydrogen) atoms. The number of hydrogen-bond acceptors (Lipinski definition) is 4. The van der Waals surface area contributed by atoms with Crippen LogP contribution in [0.1, 0.15) is 37.8 Å². The van der Waals surface area contributed by atoms with Crippen molar-refractivity contribution in [2.24, 2.45) is 12.0 Å². The quantitative estimate of drug-likeness (QED) is 0.387. The van der Waals surface area contributed by atoms with Crippen LogP contribution in [0.5, 0.6) is 0 Å². The minimum atomic E-state index is 0.373. The molecule has 152 valence electrons. The molecule has 0 radical (unpaired) electrons. The minimum Gasteiger partial charge on any atom is -0.369 e. The number of nitrogens with one attached hydrogen (secondary N) is 2. The molecule has 0 spiro atoms. The van der Waals surface area contributed by atoms with E-state index in [2.05, 4.69) is 72.8 Å². The van der Waals surface area contributed by atoms with E-state index >= 15 is 0 Å². The molecule has 2 aromatic rings. The van der Waals surface area contributed by atoms with Crippen molar-refractivity contribution in [3.05, 3.63) is 40.4 Å². The molecule has 0 bridgehead atoms. The summed E-state index contributed by atoms with van der Waals surface area (Å²) >= 11 is 3.51. The predicted octanol–water partition coefficient (Wildman–Crippen LogP) is 3.00. The molecule has 1 aromatic carbocycles. The highest BCUT2D eigenvalue weighted by Crippen LogP contribution is 2.22. The van der Waals surface area contributed by atoms with Gasteiger partial charge in [-0.3, -0.25) is 0 Å². The first-order valence-corrected chi connectivity index (χ1v) is 10.8. The summed E-state index contributed by atoms with van der Waals surface area (Å²) in [6, 6.07) is 8.89. The van der Waals surface area contributed by atoms with Gasteiger partial charge in [0.1, 0.15) is 12.4 Å². The van der Waals surface area contributed by atoms with Crippen LogP contribution in [0.2, 0.25) is 0 Å². The molecule has 1 saturated heterocycles. The van der Waals surface area contributed by atoms with E-state index < -0.39 is 0 Å². The fraction of sp³-hybridized carbons (Fsp3) is 0.550. The smallest absolute Gasteiger partial charge is 0.191 e. The Kier molecular flexibility index (Phi) is 7.30. The second-order valence-corrected chi connectivity index (χ2v) is 8.14. The Morgan fingerprint density at radius 1 is 1.29 bits per heavy atom. The number of anilines is 1. The van der Waals surface area contributed by atoms with E-state index in [4.69, 9.17) is 4.99 Å². The van der Waals surface area contributed by atoms with Gasteiger partial charge in [-0.1, -0.05) is 29.3 Å². The maximum Gasteiger partial charge on any atom is 0.191 e. The van der Waals surface area contributed by atoms with Crippen LogP contribution < -0.4 is 15.5 Å². The molecule has 0 amide bonds. The van der Waals surface area contributed by atoms with Crippen molar-refractivity contribution in [1.29, 1.82) is 0 Å². The number of hydrogen-bond donors (Lipinski definition) is 2. The van der Waals surface area contributed by atoms with Crippen molar-refractivity contribution in [3.63, 3.8) is 0 Å². The standard InChI is InChI=1S/C20H30BrN7/c1-4-5-11-22-20(23-13-19-26-25-15(2)27(19)3)24-17-10-12-28(14-17)18-8-6-16(21)7-9-18/h6-9,17H,4-5,10-14H2,1-3H3,(H2,22,23,24). The molecule has 7 nitrogen and oxygen atoms in total. The molecule has 1 fully saturated rings. The molecule has 1 unspecified atom stereocenters. The number of halogens is 1. The highest BCUT2D eigenvalue weighted by Gasteiger charge is 2.23. The molecule has 8 heteroatoms. The first kappa shape index (κ1) is 20.6. The molecule has 3 rings (SSSR count). The number of aromatic nitrogens is 3. The minimum absolute atomic E-state index is 0.373. The van der Waals surface area contributed by atoms with Crippen LogP contribution in [0.4, 0.5) is 5.69 Å². The first-order valence-electron chi connectivity index (χ1n) is 9.97. The Bertz CT molecular complexity index is 784. The normalized spacial score (nSPS) is 17.2. The van der Waals surface area contributed by atoms with Gasteiger partial charge in [0.25, 0.3) is 0 Å². The van der Waals surface area contributed by atoms with Crippen molar-refractivity contribution in [2.45, 2.75) is 45.7 Å². The van der Waals surface area contributed by atoms with Crippen LogP contribution in [0.15, 0.2) is 33.7 Å². The third-order valence-electron chi connectivity index (χ3n) is 5.10. The zero-order valence-electron chi connectivity index (χ0n) is 17.0. The monoisotopic (exact) mass is 447 g/mol. The number of rotatable bonds is 7. The van der Waals surface area contributed by atoms with Crippen molar-refractivity contribution in [2.75, 3.05) is 24.5 Å². The van der Waals surface area contributed by atoms with Gasteiger partial charge in [0, 0.05) is 42.9 Å². The van der Waals surface area contributed by atoms with Crippen LogP contribution in [0.25, 0.3) is 0 Å². The van der Waals surface area contributed by atoms with Crippen LogP contribution in [-0.4, -0.2) is 46.4 Å². The van der Waals surface area contributed by atoms with Gasteiger partial charge in [0.05, 0.1) is 0 Å². The summed E-state index contributed by atoms with van der Waals surface area (Å²) < 4.78 is 3.09. The second-order valence-electron chi connectivity index (χ2n) is 7.22. The zero-order valence-corrected chi connectivity index (χ0v) is 18.5. The molecule has 0 aliphatic carbocycles. The van der Waals surface area contributed by atoms with E-state index in [1.807, 2.05) is 18.5 Å². The summed E-state index contributed by atoms with van der Waals surface area (Å²) in [6.07, 6.45) is 3.37. The highest BCUT2D eigenvalue weighted by atomic mass is 79.9. The molecule has 2 heterocycles. The maximum atomic E-state index is 4.76. The number of aryl methyl sites for hydroxylation is 1. The third-order valence-corrected chi connectivity index (χ3v) is 5.63. The fourth-order valence-electron chi connectivity index (χ4n) is 3.23.